The predicted octanol–water partition coefficient (Wildman–Crippen LogP) is 3.83. The second kappa shape index (κ2) is 4.81. The van der Waals surface area contributed by atoms with Crippen molar-refractivity contribution in [3.8, 4) is 0 Å². The van der Waals surface area contributed by atoms with Crippen LogP contribution >= 0.6 is 0 Å². The first kappa shape index (κ1) is 19.1. The van der Waals surface area contributed by atoms with E-state index in [4.69, 9.17) is 0 Å². The van der Waals surface area contributed by atoms with Gasteiger partial charge in [-0.15, -0.1) is 0 Å². The molecule has 0 aliphatic rings. The highest BCUT2D eigenvalue weighted by Gasteiger charge is 2.84. The smallest absolute Gasteiger partial charge is 0.460 e. The predicted molar refractivity (Wildman–Crippen MR) is 50.3 cm³/mol. The molecule has 0 radical (unpaired) electrons. The number of hydrogen-bond acceptors (Lipinski definition) is 2. The van der Waals surface area contributed by atoms with Crippen LogP contribution in [0.25, 0.3) is 0 Å². The monoisotopic (exact) mass is 336 g/mol. The van der Waals surface area contributed by atoms with E-state index < -0.39 is 38.2 Å². The van der Waals surface area contributed by atoms with Crippen LogP contribution in [0.4, 0.5) is 39.5 Å². The fourth-order valence-electron chi connectivity index (χ4n) is 0.846. The van der Waals surface area contributed by atoms with E-state index in [0.717, 1.165) is 19.6 Å². The van der Waals surface area contributed by atoms with E-state index >= 15 is 0 Å². The lowest BCUT2D eigenvalue weighted by Crippen LogP contribution is -2.64. The first-order valence-corrected chi connectivity index (χ1v) is 8.22. The van der Waals surface area contributed by atoms with Gasteiger partial charge in [-0.3, -0.25) is 0 Å². The molecule has 20 heavy (non-hydrogen) atoms. The van der Waals surface area contributed by atoms with Crippen molar-refractivity contribution in [1.82, 2.24) is 0 Å². The molecule has 0 spiro atoms. The largest absolute Gasteiger partial charge is 0.515 e. The molecule has 0 aromatic carbocycles. The van der Waals surface area contributed by atoms with Gasteiger partial charge >= 0.3 is 29.9 Å². The highest BCUT2D eigenvalue weighted by atomic mass is 28.4. The summed E-state index contributed by atoms with van der Waals surface area (Å²) in [6, 6.07) is 0. The summed E-state index contributed by atoms with van der Waals surface area (Å²) in [6.45, 7) is 3.21. The van der Waals surface area contributed by atoms with Gasteiger partial charge < -0.3 is 4.43 Å². The average molecular weight is 336 g/mol. The number of halogens is 9. The van der Waals surface area contributed by atoms with Crippen LogP contribution in [0.5, 0.6) is 0 Å². The molecule has 0 aromatic rings. The molecule has 0 aliphatic heterocycles. The second-order valence-corrected chi connectivity index (χ2v) is 9.15. The van der Waals surface area contributed by atoms with E-state index in [1.807, 2.05) is 0 Å². The maximum atomic E-state index is 13.0. The second-order valence-electron chi connectivity index (χ2n) is 4.72. The van der Waals surface area contributed by atoms with Crippen molar-refractivity contribution in [2.24, 2.45) is 0 Å². The lowest BCUT2D eigenvalue weighted by Gasteiger charge is -2.33. The molecule has 120 valence electrons. The maximum absolute atomic E-state index is 13.0. The third-order valence-corrected chi connectivity index (χ3v) is 2.60. The summed E-state index contributed by atoms with van der Waals surface area (Å²) in [5, 5.41) is 0. The molecule has 0 aromatic heterocycles. The molecule has 0 aliphatic carbocycles. The molecule has 0 unspecified atom stereocenters. The zero-order chi connectivity index (χ0) is 16.8. The first-order chi connectivity index (χ1) is 8.38. The quantitative estimate of drug-likeness (QED) is 0.576. The number of hydrogen-bond donors (Lipinski definition) is 0. The van der Waals surface area contributed by atoms with Crippen LogP contribution in [0, 0.1) is 0 Å². The van der Waals surface area contributed by atoms with Crippen LogP contribution in [-0.4, -0.2) is 38.2 Å². The Labute approximate surface area is 108 Å². The molecule has 0 N–H and O–H groups in total. The summed E-state index contributed by atoms with van der Waals surface area (Å²) >= 11 is 0. The van der Waals surface area contributed by atoms with Gasteiger partial charge in [0.05, 0.1) is 0 Å². The van der Waals surface area contributed by atoms with Gasteiger partial charge in [0.15, 0.2) is 0 Å². The number of rotatable bonds is 4. The molecule has 0 atom stereocenters. The van der Waals surface area contributed by atoms with Crippen molar-refractivity contribution in [2.45, 2.75) is 43.6 Å². The van der Waals surface area contributed by atoms with Gasteiger partial charge in [0.1, 0.15) is 0 Å². The van der Waals surface area contributed by atoms with Crippen LogP contribution in [0.2, 0.25) is 19.6 Å². The number of carbonyl (C=O) groups excluding carboxylic acids is 1. The van der Waals surface area contributed by atoms with Crippen LogP contribution in [0.1, 0.15) is 0 Å². The summed E-state index contributed by atoms with van der Waals surface area (Å²) in [4.78, 5) is 10.8. The van der Waals surface area contributed by atoms with Crippen molar-refractivity contribution >= 4 is 14.3 Å². The van der Waals surface area contributed by atoms with Gasteiger partial charge in [0, 0.05) is 0 Å². The Hall–Kier alpha value is -0.943. The van der Waals surface area contributed by atoms with Crippen molar-refractivity contribution < 1.29 is 48.7 Å². The summed E-state index contributed by atoms with van der Waals surface area (Å²) in [6.07, 6.45) is -6.96. The highest BCUT2D eigenvalue weighted by Crippen LogP contribution is 2.53. The van der Waals surface area contributed by atoms with Gasteiger partial charge in [-0.1, -0.05) is 0 Å². The van der Waals surface area contributed by atoms with E-state index in [1.165, 1.54) is 0 Å². The standard InChI is InChI=1S/C8H9F9O2Si/c1-20(2,3)19-4(18)5(9,10)6(11,12)7(13,14)8(15,16)17/h1-3H3. The molecule has 0 bridgehead atoms. The average Bonchev–Trinajstić information content (AvgIpc) is 2.12. The zero-order valence-corrected chi connectivity index (χ0v) is 11.2. The minimum atomic E-state index is -7.10. The van der Waals surface area contributed by atoms with Crippen molar-refractivity contribution in [1.29, 1.82) is 0 Å². The normalized spacial score (nSPS) is 15.2. The van der Waals surface area contributed by atoms with Gasteiger partial charge in [0.2, 0.25) is 8.32 Å². The summed E-state index contributed by atoms with van der Waals surface area (Å²) in [5.41, 5.74) is 0. The van der Waals surface area contributed by atoms with Crippen molar-refractivity contribution in [3.05, 3.63) is 0 Å². The lowest BCUT2D eigenvalue weighted by atomic mass is 10.0. The van der Waals surface area contributed by atoms with Crippen molar-refractivity contribution in [3.63, 3.8) is 0 Å². The molecule has 0 rings (SSSR count). The number of alkyl halides is 9. The van der Waals surface area contributed by atoms with Crippen molar-refractivity contribution in [2.75, 3.05) is 0 Å². The van der Waals surface area contributed by atoms with Gasteiger partial charge in [0.25, 0.3) is 0 Å². The highest BCUT2D eigenvalue weighted by molar-refractivity contribution is 6.71. The number of carbonyl (C=O) groups is 1. The molecule has 12 heteroatoms. The minimum Gasteiger partial charge on any atom is -0.515 e. The van der Waals surface area contributed by atoms with Gasteiger partial charge in [-0.05, 0) is 19.6 Å². The molecular weight excluding hydrogens is 327 g/mol. The summed E-state index contributed by atoms with van der Waals surface area (Å²) in [7, 11) is -3.20. The first-order valence-electron chi connectivity index (χ1n) is 4.81. The van der Waals surface area contributed by atoms with Crippen LogP contribution in [-0.2, 0) is 9.22 Å². The molecule has 2 nitrogen and oxygen atoms in total. The Kier molecular flexibility index (Phi) is 4.58. The summed E-state index contributed by atoms with van der Waals surface area (Å²) in [5.74, 6) is -23.5. The lowest BCUT2D eigenvalue weighted by molar-refractivity contribution is -0.390. The van der Waals surface area contributed by atoms with E-state index in [9.17, 15) is 44.3 Å². The molecule has 0 fully saturated rings. The van der Waals surface area contributed by atoms with E-state index in [0.29, 0.717) is 0 Å². The Bertz CT molecular complexity index is 382. The zero-order valence-electron chi connectivity index (χ0n) is 10.2. The van der Waals surface area contributed by atoms with Gasteiger partial charge in [-0.25, -0.2) is 4.79 Å². The Morgan fingerprint density at radius 1 is 0.800 bits per heavy atom. The SMILES string of the molecule is C[Si](C)(C)OC(=O)C(F)(F)C(F)(F)C(F)(F)C(F)(F)F. The maximum Gasteiger partial charge on any atom is 0.460 e. The molecule has 0 saturated carbocycles. The third kappa shape index (κ3) is 3.20. The van der Waals surface area contributed by atoms with E-state index in [1.54, 1.807) is 0 Å². The Morgan fingerprint density at radius 3 is 1.40 bits per heavy atom. The van der Waals surface area contributed by atoms with Crippen LogP contribution < -0.4 is 0 Å². The molecule has 0 saturated heterocycles. The minimum absolute atomic E-state index is 1.07. The topological polar surface area (TPSA) is 26.3 Å². The third-order valence-electron chi connectivity index (χ3n) is 1.80. The molecule has 0 heterocycles. The van der Waals surface area contributed by atoms with Crippen LogP contribution in [0.15, 0.2) is 0 Å². The Balaban J connectivity index is 5.64. The molecule has 0 amide bonds. The van der Waals surface area contributed by atoms with E-state index in [-0.39, 0.29) is 0 Å². The van der Waals surface area contributed by atoms with E-state index in [2.05, 4.69) is 4.43 Å². The van der Waals surface area contributed by atoms with Gasteiger partial charge in [-0.2, -0.15) is 39.5 Å². The fourth-order valence-corrected chi connectivity index (χ4v) is 1.53. The summed E-state index contributed by atoms with van der Waals surface area (Å²) < 4.78 is 116. The Morgan fingerprint density at radius 2 is 1.15 bits per heavy atom. The molecular formula is C8H9F9O2Si. The van der Waals surface area contributed by atoms with Crippen LogP contribution in [0.3, 0.4) is 0 Å². The fraction of sp³-hybridized carbons (Fsp3) is 0.875.